The van der Waals surface area contributed by atoms with Crippen LogP contribution in [-0.2, 0) is 10.0 Å². The molecule has 5 heteroatoms. The minimum absolute atomic E-state index is 0.266. The number of hydrazine groups is 1. The molecule has 2 aromatic rings. The highest BCUT2D eigenvalue weighted by atomic mass is 32.2. The molecule has 0 bridgehead atoms. The molecule has 0 saturated heterocycles. The molecule has 24 heavy (non-hydrogen) atoms. The lowest BCUT2D eigenvalue weighted by atomic mass is 10.1. The van der Waals surface area contributed by atoms with Crippen LogP contribution in [0.1, 0.15) is 25.0 Å². The predicted molar refractivity (Wildman–Crippen MR) is 96.1 cm³/mol. The zero-order chi connectivity index (χ0) is 17.3. The first kappa shape index (κ1) is 16.3. The van der Waals surface area contributed by atoms with E-state index in [0.717, 1.165) is 22.4 Å². The monoisotopic (exact) mass is 340 g/mol. The van der Waals surface area contributed by atoms with Gasteiger partial charge in [0.1, 0.15) is 0 Å². The van der Waals surface area contributed by atoms with Crippen LogP contribution in [0.4, 0.5) is 0 Å². The van der Waals surface area contributed by atoms with Gasteiger partial charge >= 0.3 is 0 Å². The van der Waals surface area contributed by atoms with E-state index < -0.39 is 10.0 Å². The average Bonchev–Trinajstić information content (AvgIpc) is 2.58. The minimum atomic E-state index is -3.68. The van der Waals surface area contributed by atoms with Gasteiger partial charge in [0.05, 0.1) is 16.3 Å². The molecule has 0 fully saturated rings. The molecular weight excluding hydrogens is 320 g/mol. The SMILES string of the molecule is CC1=C(C)N(S(=O)(=O)c2ccc(C)cc2)NC(c2ccccc2)=C1. The maximum atomic E-state index is 13.0. The van der Waals surface area contributed by atoms with Crippen LogP contribution in [0.2, 0.25) is 0 Å². The minimum Gasteiger partial charge on any atom is -0.284 e. The van der Waals surface area contributed by atoms with Crippen molar-refractivity contribution in [1.29, 1.82) is 0 Å². The van der Waals surface area contributed by atoms with E-state index in [1.165, 1.54) is 4.41 Å². The second kappa shape index (κ2) is 6.17. The highest BCUT2D eigenvalue weighted by Gasteiger charge is 2.29. The van der Waals surface area contributed by atoms with E-state index in [0.29, 0.717) is 5.70 Å². The van der Waals surface area contributed by atoms with Crippen LogP contribution < -0.4 is 5.43 Å². The fourth-order valence-electron chi connectivity index (χ4n) is 2.53. The molecule has 1 heterocycles. The van der Waals surface area contributed by atoms with E-state index >= 15 is 0 Å². The number of nitrogens with one attached hydrogen (secondary N) is 1. The number of benzene rings is 2. The van der Waals surface area contributed by atoms with Crippen LogP contribution in [0.3, 0.4) is 0 Å². The summed E-state index contributed by atoms with van der Waals surface area (Å²) >= 11 is 0. The Morgan fingerprint density at radius 1 is 0.875 bits per heavy atom. The standard InChI is InChI=1S/C19H20N2O2S/c1-14-9-11-18(12-10-14)24(22,23)21-16(3)15(2)13-19(20-21)17-7-5-4-6-8-17/h4-13,20H,1-3H3. The summed E-state index contributed by atoms with van der Waals surface area (Å²) < 4.78 is 27.3. The van der Waals surface area contributed by atoms with Crippen LogP contribution in [0.5, 0.6) is 0 Å². The lowest BCUT2D eigenvalue weighted by Gasteiger charge is -2.32. The maximum absolute atomic E-state index is 13.0. The molecule has 2 aromatic carbocycles. The highest BCUT2D eigenvalue weighted by molar-refractivity contribution is 7.89. The van der Waals surface area contributed by atoms with Gasteiger partial charge in [-0.1, -0.05) is 48.0 Å². The van der Waals surface area contributed by atoms with Gasteiger partial charge in [-0.15, -0.1) is 0 Å². The van der Waals surface area contributed by atoms with E-state index in [1.807, 2.05) is 50.3 Å². The zero-order valence-corrected chi connectivity index (χ0v) is 14.8. The molecule has 0 atom stereocenters. The third-order valence-corrected chi connectivity index (χ3v) is 5.82. The van der Waals surface area contributed by atoms with Crippen molar-refractivity contribution < 1.29 is 8.42 Å². The summed E-state index contributed by atoms with van der Waals surface area (Å²) in [7, 11) is -3.68. The van der Waals surface area contributed by atoms with Gasteiger partial charge in [-0.25, -0.2) is 0 Å². The molecule has 3 rings (SSSR count). The number of hydrogen-bond acceptors (Lipinski definition) is 3. The first-order valence-electron chi connectivity index (χ1n) is 7.73. The quantitative estimate of drug-likeness (QED) is 0.923. The van der Waals surface area contributed by atoms with E-state index in [1.54, 1.807) is 31.2 Å². The number of aryl methyl sites for hydroxylation is 1. The Morgan fingerprint density at radius 3 is 2.12 bits per heavy atom. The fourth-order valence-corrected chi connectivity index (χ4v) is 3.94. The van der Waals surface area contributed by atoms with E-state index in [-0.39, 0.29) is 4.90 Å². The molecule has 0 saturated carbocycles. The number of rotatable bonds is 3. The van der Waals surface area contributed by atoms with E-state index in [2.05, 4.69) is 5.43 Å². The maximum Gasteiger partial charge on any atom is 0.281 e. The van der Waals surface area contributed by atoms with Crippen molar-refractivity contribution in [1.82, 2.24) is 9.84 Å². The topological polar surface area (TPSA) is 49.4 Å². The highest BCUT2D eigenvalue weighted by Crippen LogP contribution is 2.28. The Hall–Kier alpha value is -2.53. The summed E-state index contributed by atoms with van der Waals surface area (Å²) in [5, 5.41) is 0. The number of allylic oxidation sites excluding steroid dienone is 3. The molecule has 0 aliphatic carbocycles. The molecule has 1 N–H and O–H groups in total. The van der Waals surface area contributed by atoms with Crippen molar-refractivity contribution in [2.75, 3.05) is 0 Å². The Balaban J connectivity index is 2.03. The molecule has 0 unspecified atom stereocenters. The second-order valence-electron chi connectivity index (χ2n) is 5.89. The van der Waals surface area contributed by atoms with Gasteiger partial charge in [-0.05, 0) is 50.1 Å². The molecule has 0 radical (unpaired) electrons. The first-order valence-corrected chi connectivity index (χ1v) is 9.17. The van der Waals surface area contributed by atoms with Crippen molar-refractivity contribution in [3.63, 3.8) is 0 Å². The van der Waals surface area contributed by atoms with Crippen molar-refractivity contribution in [3.05, 3.63) is 83.1 Å². The van der Waals surface area contributed by atoms with Gasteiger partial charge in [0.15, 0.2) is 0 Å². The zero-order valence-electron chi connectivity index (χ0n) is 13.9. The van der Waals surface area contributed by atoms with Crippen molar-refractivity contribution in [3.8, 4) is 0 Å². The van der Waals surface area contributed by atoms with Crippen molar-refractivity contribution in [2.45, 2.75) is 25.7 Å². The van der Waals surface area contributed by atoms with Gasteiger partial charge in [-0.2, -0.15) is 12.8 Å². The van der Waals surface area contributed by atoms with Gasteiger partial charge in [0.25, 0.3) is 10.0 Å². The Bertz CT molecular complexity index is 912. The molecule has 0 aromatic heterocycles. The predicted octanol–water partition coefficient (Wildman–Crippen LogP) is 3.84. The Morgan fingerprint density at radius 2 is 1.50 bits per heavy atom. The second-order valence-corrected chi connectivity index (χ2v) is 7.67. The van der Waals surface area contributed by atoms with Gasteiger partial charge in [-0.3, -0.25) is 5.43 Å². The molecule has 0 spiro atoms. The smallest absolute Gasteiger partial charge is 0.281 e. The van der Waals surface area contributed by atoms with Gasteiger partial charge in [0, 0.05) is 0 Å². The van der Waals surface area contributed by atoms with Crippen LogP contribution >= 0.6 is 0 Å². The van der Waals surface area contributed by atoms with Crippen LogP contribution in [0.25, 0.3) is 5.70 Å². The lowest BCUT2D eigenvalue weighted by molar-refractivity contribution is 0.429. The van der Waals surface area contributed by atoms with Crippen molar-refractivity contribution >= 4 is 15.7 Å². The summed E-state index contributed by atoms with van der Waals surface area (Å²) in [6, 6.07) is 16.6. The van der Waals surface area contributed by atoms with E-state index in [9.17, 15) is 8.42 Å². The summed E-state index contributed by atoms with van der Waals surface area (Å²) in [4.78, 5) is 0.266. The number of hydrogen-bond donors (Lipinski definition) is 1. The largest absolute Gasteiger partial charge is 0.284 e. The van der Waals surface area contributed by atoms with Gasteiger partial charge < -0.3 is 0 Å². The first-order chi connectivity index (χ1) is 11.4. The van der Waals surface area contributed by atoms with Crippen LogP contribution in [0.15, 0.2) is 76.8 Å². The average molecular weight is 340 g/mol. The molecule has 1 aliphatic heterocycles. The third-order valence-electron chi connectivity index (χ3n) is 4.10. The summed E-state index contributed by atoms with van der Waals surface area (Å²) in [5.74, 6) is 0. The molecule has 1 aliphatic rings. The molecule has 124 valence electrons. The Kier molecular flexibility index (Phi) is 4.20. The lowest BCUT2D eigenvalue weighted by Crippen LogP contribution is -2.42. The van der Waals surface area contributed by atoms with Crippen LogP contribution in [0, 0.1) is 6.92 Å². The summed E-state index contributed by atoms with van der Waals surface area (Å²) in [6.07, 6.45) is 1.96. The number of sulfonamides is 1. The Labute approximate surface area is 143 Å². The summed E-state index contributed by atoms with van der Waals surface area (Å²) in [6.45, 7) is 5.64. The van der Waals surface area contributed by atoms with Gasteiger partial charge in [0.2, 0.25) is 0 Å². The molecular formula is C19H20N2O2S. The normalized spacial score (nSPS) is 15.1. The van der Waals surface area contributed by atoms with E-state index in [4.69, 9.17) is 0 Å². The third kappa shape index (κ3) is 2.95. The molecule has 4 nitrogen and oxygen atoms in total. The van der Waals surface area contributed by atoms with Crippen molar-refractivity contribution in [2.24, 2.45) is 0 Å². The summed E-state index contributed by atoms with van der Waals surface area (Å²) in [5.41, 5.74) is 7.34. The fraction of sp³-hybridized carbons (Fsp3) is 0.158. The van der Waals surface area contributed by atoms with Crippen LogP contribution in [-0.4, -0.2) is 12.8 Å². The molecule has 0 amide bonds. The number of nitrogens with zero attached hydrogens (tertiary/aromatic N) is 1.